The molecule has 11 fully saturated rings. The first-order valence-corrected chi connectivity index (χ1v) is 32.6. The van der Waals surface area contributed by atoms with E-state index in [-0.39, 0.29) is 82.3 Å². The molecule has 6 aromatic rings. The van der Waals surface area contributed by atoms with E-state index in [2.05, 4.69) is 64.4 Å². The molecule has 472 valence electrons. The van der Waals surface area contributed by atoms with Crippen molar-refractivity contribution >= 4 is 70.2 Å². The van der Waals surface area contributed by atoms with E-state index in [9.17, 15) is 41.9 Å². The van der Waals surface area contributed by atoms with Crippen molar-refractivity contribution in [2.45, 2.75) is 171 Å². The maximum atomic E-state index is 14.0. The number of fused-ring (bicyclic) bond motifs is 3. The standard InChI is InChI=1S/C22H25F2N5O2.C22H26FN5O2.C21H24N6O2/c23-22(24)10-15(22)19(31)28-11-21(12-28)8-6-13(7-9-21)16-2-1-3-17-25-20(27-29(16)17)26-18(30)14-4-5-14;23-22(10-11-22)19(30)27-12-21(13-27)8-6-14(7-9-21)16-2-1-3-17-24-20(26-28(16)17)25-18(29)15-4-5-15;22-11-8-18(28)26-12-21(13-26)9-6-14(7-10-21)16-2-1-3-17-23-20(25-27(16)17)24-19(29)15-4-5-15/h1-3,13-15H,4-12H2,(H,26,27,30);1-3,14-15H,4-13H2,(H,25,26,29);1-3,14-15H,4-10,12-13H2,(H,24,25,29). The Morgan fingerprint density at radius 2 is 0.811 bits per heavy atom. The number of hydrogen-bond donors (Lipinski definition) is 3. The van der Waals surface area contributed by atoms with Crippen molar-refractivity contribution in [3.63, 3.8) is 0 Å². The normalized spacial score (nSPS) is 25.4. The van der Waals surface area contributed by atoms with Gasteiger partial charge in [0, 0.05) is 115 Å². The van der Waals surface area contributed by atoms with Crippen LogP contribution >= 0.6 is 0 Å². The number of pyridine rings is 3. The molecular formula is C65H75F3N16O6. The highest BCUT2D eigenvalue weighted by Crippen LogP contribution is 2.55. The minimum atomic E-state index is -2.79. The molecule has 0 aromatic carbocycles. The second kappa shape index (κ2) is 22.1. The third-order valence-electron chi connectivity index (χ3n) is 21.6. The Hall–Kier alpha value is -8.04. The van der Waals surface area contributed by atoms with Gasteiger partial charge in [-0.25, -0.2) is 26.7 Å². The van der Waals surface area contributed by atoms with Crippen molar-refractivity contribution in [1.82, 2.24) is 58.5 Å². The third kappa shape index (κ3) is 11.5. The minimum Gasteiger partial charge on any atom is -0.341 e. The molecule has 25 heteroatoms. The Morgan fingerprint density at radius 3 is 1.12 bits per heavy atom. The Kier molecular flexibility index (Phi) is 14.3. The predicted molar refractivity (Wildman–Crippen MR) is 320 cm³/mol. The van der Waals surface area contributed by atoms with E-state index in [1.807, 2.05) is 60.9 Å². The van der Waals surface area contributed by atoms with Gasteiger partial charge in [0.05, 0.1) is 6.07 Å². The number of carbonyl (C=O) groups is 6. The van der Waals surface area contributed by atoms with Crippen LogP contribution in [0, 0.1) is 51.2 Å². The second-order valence-electron chi connectivity index (χ2n) is 28.5. The van der Waals surface area contributed by atoms with E-state index in [4.69, 9.17) is 5.26 Å². The van der Waals surface area contributed by atoms with Crippen molar-refractivity contribution in [3.8, 4) is 6.07 Å². The van der Waals surface area contributed by atoms with Crippen molar-refractivity contribution in [2.75, 3.05) is 55.2 Å². The Labute approximate surface area is 517 Å². The summed E-state index contributed by atoms with van der Waals surface area (Å²) in [5.74, 6) is -2.03. The molecule has 3 spiro atoms. The quantitative estimate of drug-likeness (QED) is 0.104. The van der Waals surface area contributed by atoms with Gasteiger partial charge >= 0.3 is 0 Å². The van der Waals surface area contributed by atoms with Crippen LogP contribution in [0.2, 0.25) is 0 Å². The first kappa shape index (κ1) is 58.3. The van der Waals surface area contributed by atoms with Crippen LogP contribution in [0.1, 0.15) is 176 Å². The van der Waals surface area contributed by atoms with Gasteiger partial charge in [-0.05, 0) is 165 Å². The van der Waals surface area contributed by atoms with Crippen LogP contribution in [0.25, 0.3) is 16.9 Å². The Morgan fingerprint density at radius 1 is 0.478 bits per heavy atom. The lowest BCUT2D eigenvalue weighted by atomic mass is 9.65. The van der Waals surface area contributed by atoms with Gasteiger partial charge in [-0.2, -0.15) is 20.2 Å². The average molecular weight is 1230 g/mol. The lowest BCUT2D eigenvalue weighted by Crippen LogP contribution is -2.61. The molecular weight excluding hydrogens is 1160 g/mol. The smallest absolute Gasteiger partial charge is 0.260 e. The summed E-state index contributed by atoms with van der Waals surface area (Å²) in [4.78, 5) is 90.9. The SMILES string of the molecule is N#CCC(=O)N1CC2(CCC(c3cccc4nc(NC(=O)C5CC5)nn34)CC2)C1.O=C(Nc1nc2cccc(C3CCC4(CC3)CN(C(=O)C3(F)CC3)C4)n2n1)C1CC1.O=C(Nc1nc2cccc(C3CCC4(CC3)CN(C(=O)C3CC3(F)F)C4)n2n1)C1CC1. The highest BCUT2D eigenvalue weighted by molar-refractivity contribution is 5.94. The van der Waals surface area contributed by atoms with Crippen molar-refractivity contribution in [1.29, 1.82) is 5.26 Å². The fourth-order valence-corrected chi connectivity index (χ4v) is 15.3. The lowest BCUT2D eigenvalue weighted by Gasteiger charge is -2.53. The molecule has 9 heterocycles. The number of anilines is 3. The third-order valence-corrected chi connectivity index (χ3v) is 21.6. The van der Waals surface area contributed by atoms with Gasteiger partial charge in [-0.1, -0.05) is 18.2 Å². The van der Waals surface area contributed by atoms with Crippen molar-refractivity contribution in [2.24, 2.45) is 39.9 Å². The van der Waals surface area contributed by atoms with Crippen LogP contribution in [0.15, 0.2) is 54.6 Å². The summed E-state index contributed by atoms with van der Waals surface area (Å²) >= 11 is 0. The summed E-state index contributed by atoms with van der Waals surface area (Å²) in [7, 11) is 0. The topological polar surface area (TPSA) is 263 Å². The van der Waals surface area contributed by atoms with Crippen LogP contribution in [0.4, 0.5) is 31.0 Å². The minimum absolute atomic E-state index is 0.00916. The van der Waals surface area contributed by atoms with Crippen LogP contribution in [0.3, 0.4) is 0 Å². The van der Waals surface area contributed by atoms with Crippen molar-refractivity contribution in [3.05, 3.63) is 71.7 Å². The zero-order valence-corrected chi connectivity index (χ0v) is 50.4. The number of aromatic nitrogens is 9. The Balaban J connectivity index is 0.000000113. The van der Waals surface area contributed by atoms with E-state index in [1.54, 1.807) is 9.80 Å². The molecule has 8 saturated carbocycles. The van der Waals surface area contributed by atoms with Gasteiger partial charge < -0.3 is 14.7 Å². The van der Waals surface area contributed by atoms with E-state index in [0.717, 1.165) is 163 Å². The molecule has 0 bridgehead atoms. The van der Waals surface area contributed by atoms with Gasteiger partial charge in [-0.3, -0.25) is 44.7 Å². The molecule has 6 amide bonds. The van der Waals surface area contributed by atoms with E-state index in [1.165, 1.54) is 0 Å². The number of rotatable bonds is 12. The fourth-order valence-electron chi connectivity index (χ4n) is 15.3. The number of carbonyl (C=O) groups excluding carboxylic acids is 6. The average Bonchev–Trinajstić information content (AvgIpc) is 1.17. The second-order valence-corrected chi connectivity index (χ2v) is 28.5. The number of nitrogens with zero attached hydrogens (tertiary/aromatic N) is 13. The lowest BCUT2D eigenvalue weighted by molar-refractivity contribution is -0.153. The highest BCUT2D eigenvalue weighted by atomic mass is 19.3. The predicted octanol–water partition coefficient (Wildman–Crippen LogP) is 8.76. The molecule has 3 saturated heterocycles. The number of amides is 6. The number of hydrogen-bond acceptors (Lipinski definition) is 13. The summed E-state index contributed by atoms with van der Waals surface area (Å²) in [5, 5.41) is 30.8. The monoisotopic (exact) mass is 1230 g/mol. The zero-order valence-electron chi connectivity index (χ0n) is 50.4. The first-order valence-electron chi connectivity index (χ1n) is 32.6. The molecule has 1 unspecified atom stereocenters. The fraction of sp³-hybridized carbons (Fsp3) is 0.615. The first-order chi connectivity index (χ1) is 43.3. The number of nitrogens with one attached hydrogen (secondary N) is 3. The number of likely N-dealkylation sites (tertiary alicyclic amines) is 3. The highest BCUT2D eigenvalue weighted by Gasteiger charge is 2.64. The molecule has 90 heavy (non-hydrogen) atoms. The maximum Gasteiger partial charge on any atom is 0.260 e. The molecule has 8 aliphatic carbocycles. The van der Waals surface area contributed by atoms with Gasteiger partial charge in [0.25, 0.3) is 11.8 Å². The number of halogens is 3. The molecule has 11 aliphatic rings. The Bertz CT molecular complexity index is 3880. The van der Waals surface area contributed by atoms with Crippen LogP contribution in [0.5, 0.6) is 0 Å². The molecule has 1 atom stereocenters. The largest absolute Gasteiger partial charge is 0.341 e. The summed E-state index contributed by atoms with van der Waals surface area (Å²) in [6.07, 6.45) is 18.4. The number of nitriles is 1. The molecule has 3 N–H and O–H groups in total. The molecule has 0 radical (unpaired) electrons. The van der Waals surface area contributed by atoms with Crippen LogP contribution < -0.4 is 16.0 Å². The zero-order chi connectivity index (χ0) is 61.9. The molecule has 17 rings (SSSR count). The summed E-state index contributed by atoms with van der Waals surface area (Å²) in [6.45, 7) is 4.19. The van der Waals surface area contributed by atoms with Gasteiger partial charge in [0.1, 0.15) is 12.3 Å². The van der Waals surface area contributed by atoms with Gasteiger partial charge in [0.2, 0.25) is 47.4 Å². The van der Waals surface area contributed by atoms with E-state index >= 15 is 0 Å². The maximum absolute atomic E-state index is 14.0. The summed E-state index contributed by atoms with van der Waals surface area (Å²) < 4.78 is 46.0. The molecule has 3 aliphatic heterocycles. The molecule has 6 aromatic heterocycles. The van der Waals surface area contributed by atoms with Crippen LogP contribution in [-0.2, 0) is 28.8 Å². The summed E-state index contributed by atoms with van der Waals surface area (Å²) in [6, 6.07) is 19.9. The van der Waals surface area contributed by atoms with Gasteiger partial charge in [0.15, 0.2) is 22.6 Å². The van der Waals surface area contributed by atoms with Crippen molar-refractivity contribution < 1.29 is 41.9 Å². The van der Waals surface area contributed by atoms with Gasteiger partial charge in [-0.15, -0.1) is 15.3 Å². The van der Waals surface area contributed by atoms with E-state index < -0.39 is 17.5 Å². The summed E-state index contributed by atoms with van der Waals surface area (Å²) in [5.41, 5.74) is 4.47. The number of alkyl halides is 3. The van der Waals surface area contributed by atoms with E-state index in [0.29, 0.717) is 74.6 Å². The van der Waals surface area contributed by atoms with Crippen LogP contribution in [-0.4, -0.2) is 145 Å². The molecule has 22 nitrogen and oxygen atoms in total.